The van der Waals surface area contributed by atoms with Gasteiger partial charge in [-0.2, -0.15) is 5.10 Å². The van der Waals surface area contributed by atoms with Crippen LogP contribution in [0.15, 0.2) is 24.8 Å². The first-order chi connectivity index (χ1) is 10.7. The summed E-state index contributed by atoms with van der Waals surface area (Å²) in [7, 11) is 0. The largest absolute Gasteiger partial charge is 0.337 e. The van der Waals surface area contributed by atoms with Crippen molar-refractivity contribution in [1.82, 2.24) is 19.7 Å². The quantitative estimate of drug-likeness (QED) is 0.586. The van der Waals surface area contributed by atoms with Crippen LogP contribution in [0.25, 0.3) is 10.2 Å². The molecule has 0 saturated heterocycles. The van der Waals surface area contributed by atoms with Gasteiger partial charge in [0.1, 0.15) is 17.0 Å². The summed E-state index contributed by atoms with van der Waals surface area (Å²) in [5.41, 5.74) is 0.820. The summed E-state index contributed by atoms with van der Waals surface area (Å²) in [6, 6.07) is 1.99. The zero-order valence-electron chi connectivity index (χ0n) is 11.5. The molecule has 1 saturated carbocycles. The normalized spacial score (nSPS) is 14.9. The highest BCUT2D eigenvalue weighted by molar-refractivity contribution is 7.21. The van der Waals surface area contributed by atoms with Gasteiger partial charge in [0, 0.05) is 12.3 Å². The first-order valence-electron chi connectivity index (χ1n) is 6.91. The lowest BCUT2D eigenvalue weighted by Gasteiger charge is -2.25. The Morgan fingerprint density at radius 2 is 2.27 bits per heavy atom. The highest BCUT2D eigenvalue weighted by atomic mass is 32.1. The Balaban J connectivity index is 1.65. The Hall–Kier alpha value is -2.55. The fraction of sp³-hybridized carbons (Fsp3) is 0.308. The molecule has 22 heavy (non-hydrogen) atoms. The molecule has 0 unspecified atom stereocenters. The van der Waals surface area contributed by atoms with Gasteiger partial charge in [-0.25, -0.2) is 9.97 Å². The molecule has 0 aliphatic heterocycles. The van der Waals surface area contributed by atoms with E-state index in [2.05, 4.69) is 20.4 Å². The van der Waals surface area contributed by atoms with E-state index >= 15 is 0 Å². The van der Waals surface area contributed by atoms with Crippen molar-refractivity contribution >= 4 is 38.1 Å². The van der Waals surface area contributed by atoms with E-state index in [0.29, 0.717) is 22.1 Å². The van der Waals surface area contributed by atoms with Gasteiger partial charge < -0.3 is 5.32 Å². The zero-order valence-corrected chi connectivity index (χ0v) is 12.3. The molecule has 0 amide bonds. The number of anilines is 2. The summed E-state index contributed by atoms with van der Waals surface area (Å²) < 4.78 is 1.96. The average molecular weight is 316 g/mol. The first kappa shape index (κ1) is 13.1. The maximum absolute atomic E-state index is 10.9. The molecule has 3 aromatic heterocycles. The molecule has 0 spiro atoms. The van der Waals surface area contributed by atoms with Gasteiger partial charge in [0.15, 0.2) is 0 Å². The van der Waals surface area contributed by atoms with E-state index < -0.39 is 4.92 Å². The van der Waals surface area contributed by atoms with Crippen molar-refractivity contribution in [2.45, 2.75) is 25.3 Å². The lowest BCUT2D eigenvalue weighted by atomic mass is 9.93. The molecule has 3 heterocycles. The van der Waals surface area contributed by atoms with Gasteiger partial charge in [-0.05, 0) is 30.6 Å². The van der Waals surface area contributed by atoms with Gasteiger partial charge in [0.2, 0.25) is 0 Å². The molecule has 9 heteroatoms. The lowest BCUT2D eigenvalue weighted by molar-refractivity contribution is -0.380. The number of thiophene rings is 1. The van der Waals surface area contributed by atoms with E-state index in [9.17, 15) is 10.1 Å². The van der Waals surface area contributed by atoms with Crippen molar-refractivity contribution in [2.24, 2.45) is 0 Å². The topological polar surface area (TPSA) is 98.8 Å². The molecule has 0 aromatic carbocycles. The van der Waals surface area contributed by atoms with Crippen LogP contribution >= 0.6 is 11.3 Å². The summed E-state index contributed by atoms with van der Waals surface area (Å²) in [4.78, 5) is 19.3. The smallest absolute Gasteiger partial charge is 0.326 e. The van der Waals surface area contributed by atoms with E-state index in [1.165, 1.54) is 18.8 Å². The highest BCUT2D eigenvalue weighted by Crippen LogP contribution is 2.35. The second-order valence-electron chi connectivity index (χ2n) is 5.20. The Labute approximate surface area is 129 Å². The van der Waals surface area contributed by atoms with Crippen LogP contribution < -0.4 is 5.32 Å². The van der Waals surface area contributed by atoms with Gasteiger partial charge in [0.25, 0.3) is 0 Å². The fourth-order valence-corrected chi connectivity index (χ4v) is 3.24. The molecule has 1 aliphatic carbocycles. The number of hydrogen-bond donors (Lipinski definition) is 1. The van der Waals surface area contributed by atoms with Gasteiger partial charge in [-0.3, -0.25) is 14.8 Å². The predicted molar refractivity (Wildman–Crippen MR) is 82.5 cm³/mol. The van der Waals surface area contributed by atoms with Gasteiger partial charge in [-0.15, -0.1) is 0 Å². The third-order valence-corrected chi connectivity index (χ3v) is 4.80. The summed E-state index contributed by atoms with van der Waals surface area (Å²) in [6.45, 7) is 0. The summed E-state index contributed by atoms with van der Waals surface area (Å²) in [6.07, 6.45) is 8.66. The van der Waals surface area contributed by atoms with E-state index in [0.717, 1.165) is 29.9 Å². The third kappa shape index (κ3) is 2.19. The van der Waals surface area contributed by atoms with Crippen molar-refractivity contribution in [3.63, 3.8) is 0 Å². The van der Waals surface area contributed by atoms with Crippen LogP contribution in [0.3, 0.4) is 0 Å². The zero-order chi connectivity index (χ0) is 15.1. The Morgan fingerprint density at radius 3 is 3.00 bits per heavy atom. The number of nitrogens with one attached hydrogen (secondary N) is 1. The van der Waals surface area contributed by atoms with E-state index in [1.807, 2.05) is 10.9 Å². The van der Waals surface area contributed by atoms with Crippen LogP contribution in [0.5, 0.6) is 0 Å². The number of nitrogens with zero attached hydrogens (tertiary/aromatic N) is 5. The van der Waals surface area contributed by atoms with Crippen LogP contribution in [-0.4, -0.2) is 24.7 Å². The second-order valence-corrected chi connectivity index (χ2v) is 6.21. The Morgan fingerprint density at radius 1 is 1.41 bits per heavy atom. The summed E-state index contributed by atoms with van der Waals surface area (Å²) in [5.74, 6) is 0.558. The maximum atomic E-state index is 10.9. The molecular weight excluding hydrogens is 304 g/mol. The van der Waals surface area contributed by atoms with Crippen LogP contribution in [0.4, 0.5) is 16.5 Å². The van der Waals surface area contributed by atoms with Crippen molar-refractivity contribution < 1.29 is 4.92 Å². The van der Waals surface area contributed by atoms with Crippen molar-refractivity contribution in [2.75, 3.05) is 5.32 Å². The van der Waals surface area contributed by atoms with Gasteiger partial charge in [-0.1, -0.05) is 0 Å². The molecule has 1 aliphatic rings. The molecular formula is C13H12N6O2S. The van der Waals surface area contributed by atoms with Crippen molar-refractivity contribution in [3.05, 3.63) is 34.9 Å². The Kier molecular flexibility index (Phi) is 3.00. The molecule has 112 valence electrons. The van der Waals surface area contributed by atoms with E-state index in [4.69, 9.17) is 0 Å². The summed E-state index contributed by atoms with van der Waals surface area (Å²) >= 11 is 1.04. The molecule has 1 N–H and O–H groups in total. The number of rotatable bonds is 4. The van der Waals surface area contributed by atoms with E-state index in [-0.39, 0.29) is 5.00 Å². The number of fused-ring (bicyclic) bond motifs is 1. The molecule has 8 nitrogen and oxygen atoms in total. The monoisotopic (exact) mass is 316 g/mol. The minimum atomic E-state index is -0.412. The third-order valence-electron chi connectivity index (χ3n) is 3.81. The fourth-order valence-electron chi connectivity index (χ4n) is 2.42. The second kappa shape index (κ2) is 5.02. The lowest BCUT2D eigenvalue weighted by Crippen LogP contribution is -2.16. The van der Waals surface area contributed by atoms with Crippen LogP contribution in [-0.2, 0) is 0 Å². The maximum Gasteiger partial charge on any atom is 0.326 e. The molecule has 1 fully saturated rings. The minimum absolute atomic E-state index is 0.0590. The molecule has 3 aromatic rings. The average Bonchev–Trinajstić information content (AvgIpc) is 3.04. The highest BCUT2D eigenvalue weighted by Gasteiger charge is 2.20. The number of hydrogen-bond acceptors (Lipinski definition) is 7. The van der Waals surface area contributed by atoms with Crippen LogP contribution in [0.2, 0.25) is 0 Å². The molecule has 0 bridgehead atoms. The number of aromatic nitrogens is 4. The van der Waals surface area contributed by atoms with Crippen LogP contribution in [0, 0.1) is 10.1 Å². The van der Waals surface area contributed by atoms with Crippen molar-refractivity contribution in [3.8, 4) is 0 Å². The number of nitro groups is 1. The van der Waals surface area contributed by atoms with E-state index in [1.54, 1.807) is 6.20 Å². The van der Waals surface area contributed by atoms with Crippen LogP contribution in [0.1, 0.15) is 25.3 Å². The standard InChI is InChI=1S/C13H12N6O2S/c20-19(21)11-4-10-12(14-7-15-13(10)22-11)17-8-5-16-18(6-8)9-2-1-3-9/h4-7,9H,1-3H2,(H,14,15,17). The van der Waals surface area contributed by atoms with Gasteiger partial charge in [0.05, 0.1) is 28.2 Å². The summed E-state index contributed by atoms with van der Waals surface area (Å²) in [5, 5.41) is 19.1. The Bertz CT molecular complexity index is 853. The molecule has 0 atom stereocenters. The van der Waals surface area contributed by atoms with Gasteiger partial charge >= 0.3 is 5.00 Å². The predicted octanol–water partition coefficient (Wildman–Crippen LogP) is 3.26. The minimum Gasteiger partial charge on any atom is -0.337 e. The SMILES string of the molecule is O=[N+]([O-])c1cc2c(Nc3cnn(C4CCC4)c3)ncnc2s1. The molecule has 4 rings (SSSR count). The molecule has 0 radical (unpaired) electrons. The first-order valence-corrected chi connectivity index (χ1v) is 7.72. The van der Waals surface area contributed by atoms with Crippen molar-refractivity contribution in [1.29, 1.82) is 0 Å².